The van der Waals surface area contributed by atoms with E-state index in [1.54, 1.807) is 0 Å². The number of para-hydroxylation sites is 7. The van der Waals surface area contributed by atoms with E-state index in [1.807, 2.05) is 6.07 Å². The van der Waals surface area contributed by atoms with E-state index < -0.39 is 0 Å². The monoisotopic (exact) mass is 994 g/mol. The first-order chi connectivity index (χ1) is 38.7. The van der Waals surface area contributed by atoms with Gasteiger partial charge in [-0.05, 0) is 113 Å². The molecule has 0 atom stereocenters. The minimum Gasteiger partial charge on any atom is -0.455 e. The van der Waals surface area contributed by atoms with Crippen molar-refractivity contribution in [1.82, 2.24) is 28.7 Å². The first-order valence-corrected chi connectivity index (χ1v) is 26.4. The minimum absolute atomic E-state index is 0.512. The molecule has 0 aliphatic heterocycles. The molecule has 5 aromatic heterocycles. The predicted molar refractivity (Wildman–Crippen MR) is 321 cm³/mol. The fourth-order valence-corrected chi connectivity index (χ4v) is 12.7. The van der Waals surface area contributed by atoms with E-state index in [-0.39, 0.29) is 0 Å². The SMILES string of the molecule is c1ccc(-n2c3ccccc3c3c(-c4nc(-c5cc6cc(-n7c8ccccc8c8cc9ccccc9cc87)ccc6c6c5oc5ccccc56)nc(-c5cccc6c7ccccc7n(-c7ccccc7)c56)n4)cccc32)cc1. The Kier molecular flexibility index (Phi) is 9.00. The molecule has 0 saturated carbocycles. The van der Waals surface area contributed by atoms with Gasteiger partial charge in [-0.3, -0.25) is 0 Å². The van der Waals surface area contributed by atoms with Crippen LogP contribution in [0.1, 0.15) is 0 Å². The number of nitrogens with zero attached hydrogens (tertiary/aromatic N) is 6. The molecular weight excluding hydrogens is 953 g/mol. The standard InChI is InChI=1S/C71H42N6O/c1-3-21-46(22-4-1)75-61-34-15-11-27-53(61)65-55(30-18-35-62(65)75)69-72-70(56-31-17-29-52-50-25-9-14-33-60(50)77(67(52)56)47-23-5-2-6-24-47)74-71(73-69)58-41-45-39-48(37-38-49(45)66-54-28-12-16-36-64(54)78-68(58)66)76-59-32-13-10-26-51(59)57-40-43-19-7-8-20-44(43)42-63(57)76/h1-42H. The van der Waals surface area contributed by atoms with Gasteiger partial charge in [0.25, 0.3) is 0 Å². The zero-order chi connectivity index (χ0) is 51.0. The summed E-state index contributed by atoms with van der Waals surface area (Å²) in [6, 6.07) is 90.8. The summed E-state index contributed by atoms with van der Waals surface area (Å²) in [5.74, 6) is 1.63. The van der Waals surface area contributed by atoms with E-state index in [1.165, 1.54) is 21.5 Å². The number of fused-ring (bicyclic) bond motifs is 15. The molecule has 17 rings (SSSR count). The Hall–Kier alpha value is -10.6. The van der Waals surface area contributed by atoms with Gasteiger partial charge in [-0.25, -0.2) is 15.0 Å². The van der Waals surface area contributed by atoms with Crippen LogP contribution in [0.3, 0.4) is 0 Å². The molecule has 78 heavy (non-hydrogen) atoms. The largest absolute Gasteiger partial charge is 0.455 e. The molecule has 0 saturated heterocycles. The minimum atomic E-state index is 0.512. The molecule has 0 aliphatic rings. The molecule has 12 aromatic carbocycles. The van der Waals surface area contributed by atoms with Crippen molar-refractivity contribution in [2.75, 3.05) is 0 Å². The molecule has 0 spiro atoms. The number of hydrogen-bond acceptors (Lipinski definition) is 4. The molecule has 5 heterocycles. The summed E-state index contributed by atoms with van der Waals surface area (Å²) in [7, 11) is 0. The highest BCUT2D eigenvalue weighted by Crippen LogP contribution is 2.45. The Balaban J connectivity index is 0.984. The van der Waals surface area contributed by atoms with Gasteiger partial charge in [0.1, 0.15) is 11.2 Å². The van der Waals surface area contributed by atoms with E-state index in [0.717, 1.165) is 121 Å². The highest BCUT2D eigenvalue weighted by atomic mass is 16.3. The third-order valence-corrected chi connectivity index (χ3v) is 16.0. The van der Waals surface area contributed by atoms with Gasteiger partial charge in [-0.1, -0.05) is 164 Å². The third-order valence-electron chi connectivity index (χ3n) is 16.0. The van der Waals surface area contributed by atoms with E-state index in [9.17, 15) is 0 Å². The smallest absolute Gasteiger partial charge is 0.167 e. The molecule has 0 aliphatic carbocycles. The first kappa shape index (κ1) is 42.7. The Morgan fingerprint density at radius 1 is 0.269 bits per heavy atom. The number of furan rings is 1. The maximum absolute atomic E-state index is 7.05. The normalized spacial score (nSPS) is 12.1. The van der Waals surface area contributed by atoms with Gasteiger partial charge >= 0.3 is 0 Å². The number of aromatic nitrogens is 6. The lowest BCUT2D eigenvalue weighted by Gasteiger charge is -2.14. The van der Waals surface area contributed by atoms with Crippen LogP contribution in [0, 0.1) is 0 Å². The number of hydrogen-bond donors (Lipinski definition) is 0. The Labute approximate surface area is 445 Å². The van der Waals surface area contributed by atoms with E-state index in [2.05, 4.69) is 262 Å². The van der Waals surface area contributed by atoms with E-state index in [0.29, 0.717) is 17.5 Å². The third kappa shape index (κ3) is 6.18. The van der Waals surface area contributed by atoms with Crippen LogP contribution in [-0.4, -0.2) is 28.7 Å². The van der Waals surface area contributed by atoms with Crippen molar-refractivity contribution < 1.29 is 4.42 Å². The summed E-state index contributed by atoms with van der Waals surface area (Å²) in [5.41, 5.74) is 13.9. The van der Waals surface area contributed by atoms with Crippen molar-refractivity contribution in [3.8, 4) is 51.2 Å². The zero-order valence-corrected chi connectivity index (χ0v) is 41.8. The van der Waals surface area contributed by atoms with E-state index in [4.69, 9.17) is 19.4 Å². The second-order valence-corrected chi connectivity index (χ2v) is 20.3. The number of benzene rings is 12. The summed E-state index contributed by atoms with van der Waals surface area (Å²) in [6.07, 6.45) is 0. The van der Waals surface area contributed by atoms with Gasteiger partial charge in [0.2, 0.25) is 0 Å². The van der Waals surface area contributed by atoms with Crippen LogP contribution in [0.25, 0.3) is 160 Å². The summed E-state index contributed by atoms with van der Waals surface area (Å²) < 4.78 is 14.2. The van der Waals surface area contributed by atoms with Crippen molar-refractivity contribution in [1.29, 1.82) is 0 Å². The molecule has 362 valence electrons. The van der Waals surface area contributed by atoms with Crippen molar-refractivity contribution in [3.05, 3.63) is 255 Å². The van der Waals surface area contributed by atoms with Gasteiger partial charge < -0.3 is 18.1 Å². The molecule has 17 aromatic rings. The van der Waals surface area contributed by atoms with Crippen LogP contribution in [-0.2, 0) is 0 Å². The topological polar surface area (TPSA) is 66.6 Å². The molecule has 7 nitrogen and oxygen atoms in total. The molecule has 0 amide bonds. The maximum Gasteiger partial charge on any atom is 0.167 e. The fraction of sp³-hybridized carbons (Fsp3) is 0. The average molecular weight is 995 g/mol. The lowest BCUT2D eigenvalue weighted by molar-refractivity contribution is 0.670. The lowest BCUT2D eigenvalue weighted by Crippen LogP contribution is -2.03. The molecule has 0 unspecified atom stereocenters. The molecule has 0 fully saturated rings. The van der Waals surface area contributed by atoms with Gasteiger partial charge in [-0.15, -0.1) is 0 Å². The summed E-state index contributed by atoms with van der Waals surface area (Å²) in [5, 5.41) is 13.4. The molecule has 7 heteroatoms. The van der Waals surface area contributed by atoms with Crippen molar-refractivity contribution in [3.63, 3.8) is 0 Å². The molecule has 0 N–H and O–H groups in total. The summed E-state index contributed by atoms with van der Waals surface area (Å²) in [4.78, 5) is 16.9. The van der Waals surface area contributed by atoms with Gasteiger partial charge in [0.05, 0.1) is 38.7 Å². The Morgan fingerprint density at radius 3 is 1.55 bits per heavy atom. The molecule has 0 bridgehead atoms. The fourth-order valence-electron chi connectivity index (χ4n) is 12.7. The van der Waals surface area contributed by atoms with Crippen LogP contribution in [0.4, 0.5) is 0 Å². The Bertz CT molecular complexity index is 5330. The van der Waals surface area contributed by atoms with Crippen LogP contribution < -0.4 is 0 Å². The van der Waals surface area contributed by atoms with Crippen molar-refractivity contribution in [2.24, 2.45) is 0 Å². The second kappa shape index (κ2) is 16.4. The van der Waals surface area contributed by atoms with E-state index >= 15 is 0 Å². The van der Waals surface area contributed by atoms with Crippen LogP contribution in [0.15, 0.2) is 259 Å². The average Bonchev–Trinajstić information content (AvgIpc) is 4.45. The zero-order valence-electron chi connectivity index (χ0n) is 41.8. The lowest BCUT2D eigenvalue weighted by atomic mass is 9.99. The van der Waals surface area contributed by atoms with Crippen LogP contribution in [0.5, 0.6) is 0 Å². The van der Waals surface area contributed by atoms with Crippen molar-refractivity contribution in [2.45, 2.75) is 0 Å². The highest BCUT2D eigenvalue weighted by molar-refractivity contribution is 6.23. The van der Waals surface area contributed by atoms with Crippen molar-refractivity contribution >= 4 is 109 Å². The van der Waals surface area contributed by atoms with Gasteiger partial charge in [-0.2, -0.15) is 0 Å². The summed E-state index contributed by atoms with van der Waals surface area (Å²) >= 11 is 0. The predicted octanol–water partition coefficient (Wildman–Crippen LogP) is 18.4. The van der Waals surface area contributed by atoms with Crippen LogP contribution in [0.2, 0.25) is 0 Å². The Morgan fingerprint density at radius 2 is 0.795 bits per heavy atom. The molecular formula is C71H42N6O. The van der Waals surface area contributed by atoms with Gasteiger partial charge in [0, 0.05) is 71.3 Å². The van der Waals surface area contributed by atoms with Gasteiger partial charge in [0.15, 0.2) is 17.5 Å². The maximum atomic E-state index is 7.05. The first-order valence-electron chi connectivity index (χ1n) is 26.4. The number of rotatable bonds is 6. The molecule has 0 radical (unpaired) electrons. The highest BCUT2D eigenvalue weighted by Gasteiger charge is 2.26. The second-order valence-electron chi connectivity index (χ2n) is 20.3. The summed E-state index contributed by atoms with van der Waals surface area (Å²) in [6.45, 7) is 0. The quantitative estimate of drug-likeness (QED) is 0.166. The van der Waals surface area contributed by atoms with Crippen LogP contribution >= 0.6 is 0 Å².